The Labute approximate surface area is 176 Å². The van der Waals surface area contributed by atoms with E-state index in [0.29, 0.717) is 35.2 Å². The number of carbonyl (C=O) groups is 3. The first kappa shape index (κ1) is 22.9. The van der Waals surface area contributed by atoms with Crippen LogP contribution in [0.4, 0.5) is 5.69 Å². The minimum atomic E-state index is -0.743. The molecule has 0 amide bonds. The van der Waals surface area contributed by atoms with Crippen molar-refractivity contribution in [2.75, 3.05) is 11.9 Å². The van der Waals surface area contributed by atoms with Crippen molar-refractivity contribution in [1.29, 1.82) is 0 Å². The SMILES string of the molecule is C=C(Nc1cccc(C(=O)CCC)c1C(C)OC(=O)c1ccccc1)C(=O)OCC. The van der Waals surface area contributed by atoms with E-state index >= 15 is 0 Å². The van der Waals surface area contributed by atoms with E-state index in [-0.39, 0.29) is 18.1 Å². The monoisotopic (exact) mass is 409 g/mol. The van der Waals surface area contributed by atoms with Gasteiger partial charge in [0.2, 0.25) is 0 Å². The Morgan fingerprint density at radius 3 is 2.37 bits per heavy atom. The number of Topliss-reactive ketones (excluding diaryl/α,β-unsaturated/α-hetero) is 1. The second kappa shape index (κ2) is 11.0. The Morgan fingerprint density at radius 2 is 1.73 bits per heavy atom. The molecule has 0 spiro atoms. The van der Waals surface area contributed by atoms with Gasteiger partial charge >= 0.3 is 11.9 Å². The lowest BCUT2D eigenvalue weighted by molar-refractivity contribution is -0.138. The van der Waals surface area contributed by atoms with Crippen LogP contribution < -0.4 is 5.32 Å². The molecule has 2 aromatic carbocycles. The van der Waals surface area contributed by atoms with Gasteiger partial charge in [0, 0.05) is 23.2 Å². The molecule has 6 heteroatoms. The summed E-state index contributed by atoms with van der Waals surface area (Å²) < 4.78 is 10.6. The number of nitrogens with one attached hydrogen (secondary N) is 1. The second-order valence-corrected chi connectivity index (χ2v) is 6.68. The standard InChI is InChI=1S/C24H27NO5/c1-5-11-21(26)19-14-10-15-20(25-16(3)23(27)29-6-2)22(19)17(4)30-24(28)18-12-8-7-9-13-18/h7-10,12-15,17,25H,3,5-6,11H2,1-2,4H3. The average molecular weight is 409 g/mol. The molecule has 0 bridgehead atoms. The number of rotatable bonds is 10. The molecule has 0 heterocycles. The highest BCUT2D eigenvalue weighted by Gasteiger charge is 2.24. The summed E-state index contributed by atoms with van der Waals surface area (Å²) in [5, 5.41) is 2.91. The summed E-state index contributed by atoms with van der Waals surface area (Å²) in [7, 11) is 0. The molecular formula is C24H27NO5. The van der Waals surface area contributed by atoms with Gasteiger partial charge in [0.15, 0.2) is 5.78 Å². The van der Waals surface area contributed by atoms with Gasteiger partial charge in [0.1, 0.15) is 11.8 Å². The van der Waals surface area contributed by atoms with Gasteiger partial charge in [-0.15, -0.1) is 0 Å². The van der Waals surface area contributed by atoms with Crippen LogP contribution in [0.3, 0.4) is 0 Å². The molecule has 0 fully saturated rings. The van der Waals surface area contributed by atoms with Crippen LogP contribution in [0, 0.1) is 0 Å². The van der Waals surface area contributed by atoms with E-state index in [2.05, 4.69) is 11.9 Å². The van der Waals surface area contributed by atoms with Crippen molar-refractivity contribution in [1.82, 2.24) is 0 Å². The highest BCUT2D eigenvalue weighted by Crippen LogP contribution is 2.32. The highest BCUT2D eigenvalue weighted by atomic mass is 16.5. The molecule has 2 rings (SSSR count). The average Bonchev–Trinajstić information content (AvgIpc) is 2.74. The predicted octanol–water partition coefficient (Wildman–Crippen LogP) is 5.08. The first-order valence-corrected chi connectivity index (χ1v) is 9.94. The van der Waals surface area contributed by atoms with Gasteiger partial charge in [0.05, 0.1) is 12.2 Å². The van der Waals surface area contributed by atoms with Crippen molar-refractivity contribution < 1.29 is 23.9 Å². The third kappa shape index (κ3) is 5.80. The maximum Gasteiger partial charge on any atom is 0.354 e. The Morgan fingerprint density at radius 1 is 1.03 bits per heavy atom. The van der Waals surface area contributed by atoms with E-state index in [1.54, 1.807) is 56.3 Å². The molecule has 30 heavy (non-hydrogen) atoms. The van der Waals surface area contributed by atoms with E-state index < -0.39 is 18.0 Å². The van der Waals surface area contributed by atoms with Crippen molar-refractivity contribution in [3.05, 3.63) is 77.5 Å². The smallest absolute Gasteiger partial charge is 0.354 e. The fourth-order valence-electron chi connectivity index (χ4n) is 3.01. The number of carbonyl (C=O) groups excluding carboxylic acids is 3. The van der Waals surface area contributed by atoms with Crippen LogP contribution in [0.5, 0.6) is 0 Å². The number of hydrogen-bond acceptors (Lipinski definition) is 6. The van der Waals surface area contributed by atoms with E-state index in [1.165, 1.54) is 0 Å². The van der Waals surface area contributed by atoms with Crippen LogP contribution in [0.2, 0.25) is 0 Å². The Hall–Kier alpha value is -3.41. The maximum absolute atomic E-state index is 12.7. The zero-order valence-corrected chi connectivity index (χ0v) is 17.6. The molecule has 1 N–H and O–H groups in total. The molecule has 1 atom stereocenters. The number of benzene rings is 2. The molecule has 6 nitrogen and oxygen atoms in total. The van der Waals surface area contributed by atoms with E-state index in [1.807, 2.05) is 13.0 Å². The van der Waals surface area contributed by atoms with Gasteiger partial charge < -0.3 is 14.8 Å². The largest absolute Gasteiger partial charge is 0.461 e. The Bertz CT molecular complexity index is 920. The van der Waals surface area contributed by atoms with Crippen LogP contribution in [0.25, 0.3) is 0 Å². The van der Waals surface area contributed by atoms with E-state index in [4.69, 9.17) is 9.47 Å². The van der Waals surface area contributed by atoms with Crippen LogP contribution in [0.1, 0.15) is 66.0 Å². The normalized spacial score (nSPS) is 11.3. The molecule has 0 saturated heterocycles. The Balaban J connectivity index is 2.39. The van der Waals surface area contributed by atoms with Gasteiger partial charge in [-0.3, -0.25) is 4.79 Å². The summed E-state index contributed by atoms with van der Waals surface area (Å²) in [5.41, 5.74) is 1.83. The fourth-order valence-corrected chi connectivity index (χ4v) is 3.01. The Kier molecular flexibility index (Phi) is 8.35. The second-order valence-electron chi connectivity index (χ2n) is 6.68. The van der Waals surface area contributed by atoms with Crippen LogP contribution in [0.15, 0.2) is 60.8 Å². The van der Waals surface area contributed by atoms with Crippen molar-refractivity contribution in [3.63, 3.8) is 0 Å². The number of anilines is 1. The molecule has 0 aliphatic carbocycles. The fraction of sp³-hybridized carbons (Fsp3) is 0.292. The molecule has 2 aromatic rings. The van der Waals surface area contributed by atoms with Crippen LogP contribution >= 0.6 is 0 Å². The van der Waals surface area contributed by atoms with E-state index in [0.717, 1.165) is 0 Å². The molecule has 0 aliphatic rings. The van der Waals surface area contributed by atoms with Gasteiger partial charge in [-0.1, -0.05) is 43.8 Å². The topological polar surface area (TPSA) is 81.7 Å². The lowest BCUT2D eigenvalue weighted by atomic mass is 9.95. The minimum absolute atomic E-state index is 0.0276. The molecule has 1 unspecified atom stereocenters. The summed E-state index contributed by atoms with van der Waals surface area (Å²) in [4.78, 5) is 37.2. The number of ketones is 1. The number of hydrogen-bond donors (Lipinski definition) is 1. The zero-order chi connectivity index (χ0) is 22.1. The van der Waals surface area contributed by atoms with Gasteiger partial charge in [-0.25, -0.2) is 9.59 Å². The summed E-state index contributed by atoms with van der Waals surface area (Å²) in [6.45, 7) is 9.23. The molecule has 158 valence electrons. The summed E-state index contributed by atoms with van der Waals surface area (Å²) >= 11 is 0. The quantitative estimate of drug-likeness (QED) is 0.335. The number of ether oxygens (including phenoxy) is 2. The first-order chi connectivity index (χ1) is 14.4. The molecule has 0 radical (unpaired) electrons. The summed E-state index contributed by atoms with van der Waals surface area (Å²) in [6, 6.07) is 13.7. The van der Waals surface area contributed by atoms with Crippen LogP contribution in [-0.2, 0) is 14.3 Å². The van der Waals surface area contributed by atoms with Gasteiger partial charge in [-0.05, 0) is 38.5 Å². The lowest BCUT2D eigenvalue weighted by Crippen LogP contribution is -2.18. The molecule has 0 aromatic heterocycles. The minimum Gasteiger partial charge on any atom is -0.461 e. The highest BCUT2D eigenvalue weighted by molar-refractivity contribution is 6.00. The zero-order valence-electron chi connectivity index (χ0n) is 17.6. The third-order valence-electron chi connectivity index (χ3n) is 4.39. The van der Waals surface area contributed by atoms with Gasteiger partial charge in [-0.2, -0.15) is 0 Å². The maximum atomic E-state index is 12.7. The predicted molar refractivity (Wildman–Crippen MR) is 115 cm³/mol. The summed E-state index contributed by atoms with van der Waals surface area (Å²) in [6.07, 6.45) is 0.297. The van der Waals surface area contributed by atoms with Gasteiger partial charge in [0.25, 0.3) is 0 Å². The van der Waals surface area contributed by atoms with Crippen molar-refractivity contribution in [2.24, 2.45) is 0 Å². The molecule has 0 aliphatic heterocycles. The lowest BCUT2D eigenvalue weighted by Gasteiger charge is -2.21. The first-order valence-electron chi connectivity index (χ1n) is 9.94. The van der Waals surface area contributed by atoms with Crippen LogP contribution in [-0.4, -0.2) is 24.3 Å². The molecule has 0 saturated carbocycles. The van der Waals surface area contributed by atoms with Crippen molar-refractivity contribution in [3.8, 4) is 0 Å². The summed E-state index contributed by atoms with van der Waals surface area (Å²) in [5.74, 6) is -1.17. The van der Waals surface area contributed by atoms with Crippen molar-refractivity contribution in [2.45, 2.75) is 39.7 Å². The third-order valence-corrected chi connectivity index (χ3v) is 4.39. The molecular weight excluding hydrogens is 382 g/mol. The number of esters is 2. The van der Waals surface area contributed by atoms with Crippen molar-refractivity contribution >= 4 is 23.4 Å². The van der Waals surface area contributed by atoms with E-state index in [9.17, 15) is 14.4 Å².